The summed E-state index contributed by atoms with van der Waals surface area (Å²) in [6.45, 7) is 2.18. The first-order chi connectivity index (χ1) is 19.8. The van der Waals surface area contributed by atoms with Crippen LogP contribution in [0.1, 0.15) is 44.3 Å². The number of carbonyl (C=O) groups is 2. The molecule has 6 rings (SSSR count). The number of hydrogen-bond acceptors (Lipinski definition) is 4. The minimum absolute atomic E-state index is 0.00824. The lowest BCUT2D eigenvalue weighted by atomic mass is 9.83. The molecule has 2 aliphatic heterocycles. The average Bonchev–Trinajstić information content (AvgIpc) is 2.97. The van der Waals surface area contributed by atoms with Crippen LogP contribution in [0.4, 0.5) is 20.2 Å². The Kier molecular flexibility index (Phi) is 7.09. The van der Waals surface area contributed by atoms with Crippen molar-refractivity contribution in [1.29, 1.82) is 0 Å². The number of piperidine rings is 1. The summed E-state index contributed by atoms with van der Waals surface area (Å²) in [5, 5.41) is 5.77. The van der Waals surface area contributed by atoms with E-state index in [0.717, 1.165) is 23.4 Å². The van der Waals surface area contributed by atoms with Crippen LogP contribution in [0.25, 0.3) is 0 Å². The Morgan fingerprint density at radius 2 is 1.51 bits per heavy atom. The number of rotatable bonds is 6. The number of carbonyl (C=O) groups excluding carboxylic acids is 2. The van der Waals surface area contributed by atoms with Gasteiger partial charge in [-0.1, -0.05) is 18.2 Å². The average molecular weight is 555 g/mol. The molecular formula is C32H28F2N4O3. The second-order valence-electron chi connectivity index (χ2n) is 10.6. The van der Waals surface area contributed by atoms with E-state index in [4.69, 9.17) is 0 Å². The molecule has 3 heterocycles. The third-order valence-corrected chi connectivity index (χ3v) is 7.80. The summed E-state index contributed by atoms with van der Waals surface area (Å²) in [5.41, 5.74) is 3.62. The monoisotopic (exact) mass is 554 g/mol. The molecule has 9 heteroatoms. The Balaban J connectivity index is 1.29. The second-order valence-corrected chi connectivity index (χ2v) is 10.6. The van der Waals surface area contributed by atoms with Crippen molar-refractivity contribution in [1.82, 2.24) is 9.88 Å². The van der Waals surface area contributed by atoms with E-state index in [1.807, 2.05) is 16.7 Å². The summed E-state index contributed by atoms with van der Waals surface area (Å²) in [6, 6.07) is 21.7. The van der Waals surface area contributed by atoms with Crippen molar-refractivity contribution in [3.63, 3.8) is 0 Å². The SMILES string of the molecule is O=C(NCc1ccc(F)cc1)c1ccc(N2C[C@H]3C[C@@H](C2)c2cccc(=O)n2C3)c(NC(=O)c2ccc(F)cc2)c1. The van der Waals surface area contributed by atoms with Crippen LogP contribution in [0.2, 0.25) is 0 Å². The first-order valence-electron chi connectivity index (χ1n) is 13.5. The molecule has 41 heavy (non-hydrogen) atoms. The summed E-state index contributed by atoms with van der Waals surface area (Å²) in [6.07, 6.45) is 0.973. The van der Waals surface area contributed by atoms with Crippen LogP contribution in [-0.2, 0) is 13.1 Å². The molecule has 2 bridgehead atoms. The van der Waals surface area contributed by atoms with Gasteiger partial charge in [0.25, 0.3) is 17.4 Å². The molecule has 1 aromatic heterocycles. The van der Waals surface area contributed by atoms with Gasteiger partial charge in [-0.05, 0) is 78.6 Å². The minimum atomic E-state index is -0.443. The predicted molar refractivity (Wildman–Crippen MR) is 152 cm³/mol. The molecular weight excluding hydrogens is 526 g/mol. The number of pyridine rings is 1. The smallest absolute Gasteiger partial charge is 0.255 e. The van der Waals surface area contributed by atoms with Crippen LogP contribution in [0.5, 0.6) is 0 Å². The number of anilines is 2. The van der Waals surface area contributed by atoms with Gasteiger partial charge in [-0.2, -0.15) is 0 Å². The fourth-order valence-corrected chi connectivity index (χ4v) is 5.83. The molecule has 3 aromatic carbocycles. The molecule has 0 aliphatic carbocycles. The van der Waals surface area contributed by atoms with E-state index in [2.05, 4.69) is 15.5 Å². The molecule has 2 atom stereocenters. The number of hydrogen-bond donors (Lipinski definition) is 2. The van der Waals surface area contributed by atoms with Crippen molar-refractivity contribution < 1.29 is 18.4 Å². The van der Waals surface area contributed by atoms with Crippen LogP contribution in [0.3, 0.4) is 0 Å². The maximum atomic E-state index is 13.5. The molecule has 208 valence electrons. The first-order valence-corrected chi connectivity index (χ1v) is 13.5. The number of nitrogens with zero attached hydrogens (tertiary/aromatic N) is 2. The zero-order valence-corrected chi connectivity index (χ0v) is 22.1. The third-order valence-electron chi connectivity index (χ3n) is 7.80. The van der Waals surface area contributed by atoms with E-state index in [9.17, 15) is 23.2 Å². The molecule has 2 N–H and O–H groups in total. The number of aromatic nitrogens is 1. The molecule has 0 radical (unpaired) electrons. The lowest BCUT2D eigenvalue weighted by Crippen LogP contribution is -2.47. The van der Waals surface area contributed by atoms with E-state index >= 15 is 0 Å². The van der Waals surface area contributed by atoms with Crippen LogP contribution in [0.15, 0.2) is 89.7 Å². The molecule has 1 saturated heterocycles. The van der Waals surface area contributed by atoms with E-state index in [0.29, 0.717) is 30.9 Å². The van der Waals surface area contributed by atoms with E-state index in [-0.39, 0.29) is 41.2 Å². The van der Waals surface area contributed by atoms with Crippen LogP contribution < -0.4 is 21.1 Å². The van der Waals surface area contributed by atoms with Gasteiger partial charge >= 0.3 is 0 Å². The summed E-state index contributed by atoms with van der Waals surface area (Å²) in [5.74, 6) is -1.17. The molecule has 2 amide bonds. The van der Waals surface area contributed by atoms with Crippen molar-refractivity contribution in [2.24, 2.45) is 5.92 Å². The van der Waals surface area contributed by atoms with Gasteiger partial charge in [-0.15, -0.1) is 0 Å². The van der Waals surface area contributed by atoms with Gasteiger partial charge in [0.15, 0.2) is 0 Å². The van der Waals surface area contributed by atoms with Crippen molar-refractivity contribution in [2.75, 3.05) is 23.3 Å². The summed E-state index contributed by atoms with van der Waals surface area (Å²) >= 11 is 0. The van der Waals surface area contributed by atoms with E-state index < -0.39 is 11.7 Å². The normalized spacial score (nSPS) is 17.5. The highest BCUT2D eigenvalue weighted by atomic mass is 19.1. The molecule has 0 spiro atoms. The molecule has 0 unspecified atom stereocenters. The van der Waals surface area contributed by atoms with Crippen molar-refractivity contribution in [3.8, 4) is 0 Å². The lowest BCUT2D eigenvalue weighted by Gasteiger charge is -2.44. The van der Waals surface area contributed by atoms with Gasteiger partial charge in [0.05, 0.1) is 11.4 Å². The largest absolute Gasteiger partial charge is 0.369 e. The van der Waals surface area contributed by atoms with Crippen molar-refractivity contribution in [3.05, 3.63) is 129 Å². The number of benzene rings is 3. The van der Waals surface area contributed by atoms with Crippen molar-refractivity contribution in [2.45, 2.75) is 25.4 Å². The van der Waals surface area contributed by atoms with Gasteiger partial charge in [0, 0.05) is 55.0 Å². The van der Waals surface area contributed by atoms with E-state index in [1.54, 1.807) is 36.4 Å². The zero-order valence-electron chi connectivity index (χ0n) is 22.1. The Morgan fingerprint density at radius 1 is 0.805 bits per heavy atom. The maximum absolute atomic E-state index is 13.5. The quantitative estimate of drug-likeness (QED) is 0.354. The number of nitrogens with one attached hydrogen (secondary N) is 2. The zero-order chi connectivity index (χ0) is 28.5. The molecule has 4 aromatic rings. The van der Waals surface area contributed by atoms with Gasteiger partial charge in [-0.25, -0.2) is 8.78 Å². The highest BCUT2D eigenvalue weighted by molar-refractivity contribution is 6.07. The Morgan fingerprint density at radius 3 is 2.27 bits per heavy atom. The maximum Gasteiger partial charge on any atom is 0.255 e. The fourth-order valence-electron chi connectivity index (χ4n) is 5.83. The number of amides is 2. The predicted octanol–water partition coefficient (Wildman–Crippen LogP) is 4.93. The topological polar surface area (TPSA) is 83.4 Å². The second kappa shape index (κ2) is 11.0. The minimum Gasteiger partial charge on any atom is -0.369 e. The number of fused-ring (bicyclic) bond motifs is 4. The summed E-state index contributed by atoms with van der Waals surface area (Å²) in [7, 11) is 0. The van der Waals surface area contributed by atoms with Crippen LogP contribution in [-0.4, -0.2) is 29.5 Å². The van der Waals surface area contributed by atoms with Gasteiger partial charge in [-0.3, -0.25) is 14.4 Å². The van der Waals surface area contributed by atoms with Gasteiger partial charge in [0.1, 0.15) is 11.6 Å². The van der Waals surface area contributed by atoms with E-state index in [1.165, 1.54) is 36.4 Å². The number of halogens is 2. The Bertz CT molecular complexity index is 1670. The first kappa shape index (κ1) is 26.4. The fraction of sp³-hybridized carbons (Fsp3) is 0.219. The molecule has 1 fully saturated rings. The highest BCUT2D eigenvalue weighted by Crippen LogP contribution is 2.39. The molecule has 0 saturated carbocycles. The summed E-state index contributed by atoms with van der Waals surface area (Å²) < 4.78 is 28.6. The Hall–Kier alpha value is -4.79. The highest BCUT2D eigenvalue weighted by Gasteiger charge is 2.35. The standard InChI is InChI=1S/C32H28F2N4O3/c33-25-9-4-20(5-10-25)16-35-31(40)23-8-13-29(27(15-23)36-32(41)22-6-11-26(34)12-7-22)37-17-21-14-24(19-37)28-2-1-3-30(39)38(28)18-21/h1-13,15,21,24H,14,16-19H2,(H,35,40)(H,36,41)/t21-,24+/m1/s1. The third kappa shape index (κ3) is 5.61. The van der Waals surface area contributed by atoms with Crippen LogP contribution in [0, 0.1) is 17.6 Å². The molecule has 7 nitrogen and oxygen atoms in total. The molecule has 2 aliphatic rings. The Labute approximate surface area is 235 Å². The van der Waals surface area contributed by atoms with Gasteiger partial charge < -0.3 is 20.1 Å². The lowest BCUT2D eigenvalue weighted by molar-refractivity contribution is 0.0949. The summed E-state index contributed by atoms with van der Waals surface area (Å²) in [4.78, 5) is 40.9. The van der Waals surface area contributed by atoms with Crippen LogP contribution >= 0.6 is 0 Å². The van der Waals surface area contributed by atoms with Gasteiger partial charge in [0.2, 0.25) is 0 Å². The van der Waals surface area contributed by atoms with Crippen molar-refractivity contribution >= 4 is 23.2 Å².